The second kappa shape index (κ2) is 7.78. The lowest BCUT2D eigenvalue weighted by Crippen LogP contribution is -2.35. The lowest BCUT2D eigenvalue weighted by molar-refractivity contribution is -0.121. The Bertz CT molecular complexity index is 864. The molecule has 138 valence electrons. The summed E-state index contributed by atoms with van der Waals surface area (Å²) in [5.74, 6) is 0.897. The Kier molecular flexibility index (Phi) is 5.46. The Labute approximate surface area is 153 Å². The molecule has 0 radical (unpaired) electrons. The van der Waals surface area contributed by atoms with Gasteiger partial charge in [-0.25, -0.2) is 8.42 Å². The van der Waals surface area contributed by atoms with Gasteiger partial charge in [-0.05, 0) is 37.1 Å². The number of para-hydroxylation sites is 3. The number of amides is 1. The molecule has 0 heterocycles. The first-order valence-corrected chi connectivity index (χ1v) is 10.4. The monoisotopic (exact) mass is 374 g/mol. The number of ether oxygens (including phenoxy) is 1. The average Bonchev–Trinajstić information content (AvgIpc) is 3.40. The van der Waals surface area contributed by atoms with Crippen molar-refractivity contribution in [1.82, 2.24) is 5.32 Å². The fourth-order valence-corrected chi connectivity index (χ4v) is 3.49. The van der Waals surface area contributed by atoms with Gasteiger partial charge < -0.3 is 10.1 Å². The van der Waals surface area contributed by atoms with Crippen LogP contribution in [0.15, 0.2) is 54.6 Å². The van der Waals surface area contributed by atoms with E-state index in [2.05, 4.69) is 5.32 Å². The molecule has 3 rings (SSSR count). The predicted octanol–water partition coefficient (Wildman–Crippen LogP) is 2.91. The Morgan fingerprint density at radius 2 is 1.77 bits per heavy atom. The normalized spacial score (nSPS) is 13.9. The lowest BCUT2D eigenvalue weighted by Gasteiger charge is -2.24. The molecule has 2 aromatic carbocycles. The third-order valence-electron chi connectivity index (χ3n) is 3.99. The Morgan fingerprint density at radius 1 is 1.12 bits per heavy atom. The van der Waals surface area contributed by atoms with Crippen LogP contribution in [-0.2, 0) is 14.8 Å². The van der Waals surface area contributed by atoms with Crippen molar-refractivity contribution in [2.24, 2.45) is 0 Å². The average molecular weight is 374 g/mol. The van der Waals surface area contributed by atoms with Crippen LogP contribution in [-0.4, -0.2) is 33.2 Å². The van der Waals surface area contributed by atoms with E-state index in [9.17, 15) is 13.2 Å². The van der Waals surface area contributed by atoms with Crippen molar-refractivity contribution in [2.45, 2.75) is 25.3 Å². The molecular formula is C19H22N2O4S. The first-order chi connectivity index (χ1) is 12.4. The van der Waals surface area contributed by atoms with Crippen molar-refractivity contribution in [3.05, 3.63) is 54.6 Å². The number of carbonyl (C=O) groups excluding carboxylic acids is 1. The quantitative estimate of drug-likeness (QED) is 0.771. The number of sulfonamides is 1. The van der Waals surface area contributed by atoms with Crippen LogP contribution in [0.5, 0.6) is 11.5 Å². The van der Waals surface area contributed by atoms with Crippen molar-refractivity contribution in [3.8, 4) is 11.5 Å². The molecule has 7 heteroatoms. The molecule has 2 aromatic rings. The van der Waals surface area contributed by atoms with Gasteiger partial charge >= 0.3 is 0 Å². The van der Waals surface area contributed by atoms with Crippen LogP contribution in [0.3, 0.4) is 0 Å². The van der Waals surface area contributed by atoms with Gasteiger partial charge in [0.25, 0.3) is 0 Å². The maximum absolute atomic E-state index is 12.3. The first-order valence-electron chi connectivity index (χ1n) is 8.52. The molecule has 0 aromatic heterocycles. The summed E-state index contributed by atoms with van der Waals surface area (Å²) in [5.41, 5.74) is 0.415. The van der Waals surface area contributed by atoms with Crippen LogP contribution >= 0.6 is 0 Å². The summed E-state index contributed by atoms with van der Waals surface area (Å²) >= 11 is 0. The molecule has 1 N–H and O–H groups in total. The summed E-state index contributed by atoms with van der Waals surface area (Å²) < 4.78 is 31.7. The molecule has 0 unspecified atom stereocenters. The van der Waals surface area contributed by atoms with E-state index >= 15 is 0 Å². The van der Waals surface area contributed by atoms with E-state index in [0.717, 1.165) is 19.1 Å². The van der Waals surface area contributed by atoms with Gasteiger partial charge in [-0.1, -0.05) is 30.3 Å². The molecular weight excluding hydrogens is 352 g/mol. The first kappa shape index (κ1) is 18.3. The van der Waals surface area contributed by atoms with Crippen LogP contribution in [0, 0.1) is 0 Å². The summed E-state index contributed by atoms with van der Waals surface area (Å²) in [7, 11) is -3.57. The number of nitrogens with zero attached hydrogens (tertiary/aromatic N) is 1. The van der Waals surface area contributed by atoms with Gasteiger partial charge in [-0.15, -0.1) is 0 Å². The minimum absolute atomic E-state index is 0.0621. The Hall–Kier alpha value is -2.54. The van der Waals surface area contributed by atoms with Crippen LogP contribution in [0.2, 0.25) is 0 Å². The van der Waals surface area contributed by atoms with Crippen molar-refractivity contribution in [2.75, 3.05) is 17.1 Å². The largest absolute Gasteiger partial charge is 0.455 e. The van der Waals surface area contributed by atoms with Gasteiger partial charge in [-0.3, -0.25) is 9.10 Å². The molecule has 1 amide bonds. The standard InChI is InChI=1S/C19H22N2O4S/c1-26(23,24)21(14-13-19(22)20-15-11-12-15)17-9-5-6-10-18(17)25-16-7-3-2-4-8-16/h2-10,15H,11-14H2,1H3,(H,20,22). The van der Waals surface area contributed by atoms with Gasteiger partial charge in [0.15, 0.2) is 5.75 Å². The van der Waals surface area contributed by atoms with Crippen molar-refractivity contribution in [3.63, 3.8) is 0 Å². The van der Waals surface area contributed by atoms with E-state index in [1.165, 1.54) is 4.31 Å². The molecule has 0 saturated heterocycles. The molecule has 0 aliphatic heterocycles. The summed E-state index contributed by atoms with van der Waals surface area (Å²) in [4.78, 5) is 12.0. The molecule has 1 aliphatic carbocycles. The topological polar surface area (TPSA) is 75.7 Å². The number of rotatable bonds is 8. The maximum atomic E-state index is 12.3. The van der Waals surface area contributed by atoms with Crippen molar-refractivity contribution >= 4 is 21.6 Å². The van der Waals surface area contributed by atoms with Gasteiger partial charge in [0, 0.05) is 19.0 Å². The van der Waals surface area contributed by atoms with Crippen LogP contribution < -0.4 is 14.4 Å². The second-order valence-corrected chi connectivity index (χ2v) is 8.22. The van der Waals surface area contributed by atoms with Gasteiger partial charge in [0.1, 0.15) is 5.75 Å². The van der Waals surface area contributed by atoms with E-state index in [1.54, 1.807) is 36.4 Å². The highest BCUT2D eigenvalue weighted by Gasteiger charge is 2.25. The number of hydrogen-bond donors (Lipinski definition) is 1. The zero-order valence-electron chi connectivity index (χ0n) is 14.6. The molecule has 0 spiro atoms. The van der Waals surface area contributed by atoms with Crippen molar-refractivity contribution in [1.29, 1.82) is 0 Å². The third-order valence-corrected chi connectivity index (χ3v) is 5.17. The fourth-order valence-electron chi connectivity index (χ4n) is 2.56. The van der Waals surface area contributed by atoms with Crippen molar-refractivity contribution < 1.29 is 17.9 Å². The SMILES string of the molecule is CS(=O)(=O)N(CCC(=O)NC1CC1)c1ccccc1Oc1ccccc1. The Morgan fingerprint density at radius 3 is 2.42 bits per heavy atom. The van der Waals surface area contributed by atoms with Crippen LogP contribution in [0.25, 0.3) is 0 Å². The summed E-state index contributed by atoms with van der Waals surface area (Å²) in [5, 5.41) is 2.87. The minimum Gasteiger partial charge on any atom is -0.455 e. The number of benzene rings is 2. The van der Waals surface area contributed by atoms with E-state index < -0.39 is 10.0 Å². The number of carbonyl (C=O) groups is 1. The maximum Gasteiger partial charge on any atom is 0.232 e. The summed E-state index contributed by atoms with van der Waals surface area (Å²) in [6.07, 6.45) is 3.22. The highest BCUT2D eigenvalue weighted by atomic mass is 32.2. The molecule has 1 saturated carbocycles. The molecule has 1 fully saturated rings. The number of anilines is 1. The second-order valence-electron chi connectivity index (χ2n) is 6.31. The minimum atomic E-state index is -3.57. The van der Waals surface area contributed by atoms with Gasteiger partial charge in [0.05, 0.1) is 11.9 Å². The highest BCUT2D eigenvalue weighted by Crippen LogP contribution is 2.33. The van der Waals surface area contributed by atoms with Gasteiger partial charge in [0.2, 0.25) is 15.9 Å². The molecule has 0 bridgehead atoms. The zero-order valence-corrected chi connectivity index (χ0v) is 15.4. The van der Waals surface area contributed by atoms with Crippen LogP contribution in [0.1, 0.15) is 19.3 Å². The van der Waals surface area contributed by atoms with E-state index in [1.807, 2.05) is 18.2 Å². The Balaban J connectivity index is 1.80. The predicted molar refractivity (Wildman–Crippen MR) is 101 cm³/mol. The molecule has 26 heavy (non-hydrogen) atoms. The fraction of sp³-hybridized carbons (Fsp3) is 0.316. The lowest BCUT2D eigenvalue weighted by atomic mass is 10.2. The molecule has 0 atom stereocenters. The van der Waals surface area contributed by atoms with E-state index in [-0.39, 0.29) is 24.9 Å². The third kappa shape index (κ3) is 4.98. The smallest absolute Gasteiger partial charge is 0.232 e. The highest BCUT2D eigenvalue weighted by molar-refractivity contribution is 7.92. The zero-order chi connectivity index (χ0) is 18.6. The summed E-state index contributed by atoms with van der Waals surface area (Å²) in [6.45, 7) is 0.0621. The number of nitrogens with one attached hydrogen (secondary N) is 1. The molecule has 6 nitrogen and oxygen atoms in total. The summed E-state index contributed by atoms with van der Waals surface area (Å²) in [6, 6.07) is 16.3. The van der Waals surface area contributed by atoms with Crippen LogP contribution in [0.4, 0.5) is 5.69 Å². The van der Waals surface area contributed by atoms with E-state index in [4.69, 9.17) is 4.74 Å². The van der Waals surface area contributed by atoms with Gasteiger partial charge in [-0.2, -0.15) is 0 Å². The number of hydrogen-bond acceptors (Lipinski definition) is 4. The molecule has 1 aliphatic rings. The van der Waals surface area contributed by atoms with E-state index in [0.29, 0.717) is 17.2 Å².